The second kappa shape index (κ2) is 4.09. The van der Waals surface area contributed by atoms with Gasteiger partial charge in [-0.2, -0.15) is 0 Å². The molecule has 0 bridgehead atoms. The highest BCUT2D eigenvalue weighted by molar-refractivity contribution is 14.1. The number of benzene rings is 1. The molecule has 0 atom stereocenters. The third-order valence-corrected chi connectivity index (χ3v) is 3.23. The number of aryl methyl sites for hydroxylation is 1. The molecule has 0 heterocycles. The van der Waals surface area contributed by atoms with E-state index in [2.05, 4.69) is 22.6 Å². The topological polar surface area (TPSA) is 26.3 Å². The molecule has 1 aromatic carbocycles. The first-order valence-electron chi connectivity index (χ1n) is 3.91. The van der Waals surface area contributed by atoms with Crippen LogP contribution >= 0.6 is 22.6 Å². The van der Waals surface area contributed by atoms with Gasteiger partial charge in [-0.1, -0.05) is 0 Å². The maximum atomic E-state index is 11.1. The number of carbonyl (C=O) groups excluding carboxylic acids is 1. The second-order valence-electron chi connectivity index (χ2n) is 2.87. The van der Waals surface area contributed by atoms with Gasteiger partial charge in [0.1, 0.15) is 5.75 Å². The SMILES string of the molecule is COc1cc(C(C)=O)cc(C)c1I. The number of ketones is 1. The first kappa shape index (κ1) is 10.5. The summed E-state index contributed by atoms with van der Waals surface area (Å²) >= 11 is 2.21. The van der Waals surface area contributed by atoms with E-state index in [0.717, 1.165) is 14.9 Å². The van der Waals surface area contributed by atoms with Crippen LogP contribution in [0.2, 0.25) is 0 Å². The van der Waals surface area contributed by atoms with Gasteiger partial charge in [0.2, 0.25) is 0 Å². The summed E-state index contributed by atoms with van der Waals surface area (Å²) in [5.41, 5.74) is 1.78. The van der Waals surface area contributed by atoms with Crippen LogP contribution in [0.15, 0.2) is 12.1 Å². The first-order valence-corrected chi connectivity index (χ1v) is 4.99. The minimum atomic E-state index is 0.0674. The van der Waals surface area contributed by atoms with Crippen molar-refractivity contribution < 1.29 is 9.53 Å². The van der Waals surface area contributed by atoms with E-state index in [0.29, 0.717) is 5.56 Å². The standard InChI is InChI=1S/C10H11IO2/c1-6-4-8(7(2)12)5-9(13-3)10(6)11/h4-5H,1-3H3. The smallest absolute Gasteiger partial charge is 0.159 e. The van der Waals surface area contributed by atoms with Crippen LogP contribution in [0.3, 0.4) is 0 Å². The molecule has 1 rings (SSSR count). The highest BCUT2D eigenvalue weighted by Crippen LogP contribution is 2.25. The molecule has 1 aromatic rings. The molecule has 3 heteroatoms. The Hall–Kier alpha value is -0.580. The van der Waals surface area contributed by atoms with Gasteiger partial charge in [-0.15, -0.1) is 0 Å². The molecule has 0 aromatic heterocycles. The maximum absolute atomic E-state index is 11.1. The van der Waals surface area contributed by atoms with Gasteiger partial charge in [-0.25, -0.2) is 0 Å². The van der Waals surface area contributed by atoms with E-state index in [4.69, 9.17) is 4.74 Å². The minimum absolute atomic E-state index is 0.0674. The van der Waals surface area contributed by atoms with E-state index >= 15 is 0 Å². The molecule has 0 aliphatic rings. The Balaban J connectivity index is 3.30. The van der Waals surface area contributed by atoms with Crippen LogP contribution in [0.1, 0.15) is 22.8 Å². The Morgan fingerprint density at radius 2 is 2.08 bits per heavy atom. The van der Waals surface area contributed by atoms with Crippen LogP contribution in [0.25, 0.3) is 0 Å². The van der Waals surface area contributed by atoms with Crippen molar-refractivity contribution in [3.8, 4) is 5.75 Å². The van der Waals surface area contributed by atoms with Crippen LogP contribution in [-0.2, 0) is 0 Å². The van der Waals surface area contributed by atoms with E-state index in [1.165, 1.54) is 0 Å². The van der Waals surface area contributed by atoms with Crippen molar-refractivity contribution in [3.05, 3.63) is 26.8 Å². The van der Waals surface area contributed by atoms with Crippen molar-refractivity contribution in [2.75, 3.05) is 7.11 Å². The Bertz CT molecular complexity index is 345. The highest BCUT2D eigenvalue weighted by atomic mass is 127. The number of hydrogen-bond donors (Lipinski definition) is 0. The first-order chi connectivity index (χ1) is 6.06. The third kappa shape index (κ3) is 2.21. The zero-order valence-electron chi connectivity index (χ0n) is 7.85. The molecule has 13 heavy (non-hydrogen) atoms. The van der Waals surface area contributed by atoms with Crippen molar-refractivity contribution in [2.45, 2.75) is 13.8 Å². The van der Waals surface area contributed by atoms with E-state index in [1.54, 1.807) is 20.1 Å². The van der Waals surface area contributed by atoms with Crippen molar-refractivity contribution in [3.63, 3.8) is 0 Å². The summed E-state index contributed by atoms with van der Waals surface area (Å²) in [5, 5.41) is 0. The monoisotopic (exact) mass is 290 g/mol. The summed E-state index contributed by atoms with van der Waals surface area (Å²) in [4.78, 5) is 11.1. The number of hydrogen-bond acceptors (Lipinski definition) is 2. The summed E-state index contributed by atoms with van der Waals surface area (Å²) in [7, 11) is 1.61. The van der Waals surface area contributed by atoms with Gasteiger partial charge in [-0.05, 0) is 54.1 Å². The Kier molecular flexibility index (Phi) is 3.30. The Morgan fingerprint density at radius 1 is 1.46 bits per heavy atom. The molecule has 0 radical (unpaired) electrons. The predicted molar refractivity (Wildman–Crippen MR) is 60.5 cm³/mol. The summed E-state index contributed by atoms with van der Waals surface area (Å²) in [5.74, 6) is 0.837. The number of rotatable bonds is 2. The van der Waals surface area contributed by atoms with Gasteiger partial charge in [0.15, 0.2) is 5.78 Å². The van der Waals surface area contributed by atoms with E-state index in [1.807, 2.05) is 13.0 Å². The summed E-state index contributed by atoms with van der Waals surface area (Å²) in [6.45, 7) is 3.53. The lowest BCUT2D eigenvalue weighted by atomic mass is 10.1. The molecule has 0 N–H and O–H groups in total. The molecule has 0 amide bonds. The van der Waals surface area contributed by atoms with Crippen LogP contribution in [-0.4, -0.2) is 12.9 Å². The normalized spacial score (nSPS) is 9.85. The molecular weight excluding hydrogens is 279 g/mol. The second-order valence-corrected chi connectivity index (χ2v) is 3.94. The molecule has 0 aliphatic carbocycles. The van der Waals surface area contributed by atoms with Gasteiger partial charge in [0.05, 0.1) is 10.7 Å². The number of halogens is 1. The quantitative estimate of drug-likeness (QED) is 0.618. The lowest BCUT2D eigenvalue weighted by Gasteiger charge is -2.07. The predicted octanol–water partition coefficient (Wildman–Crippen LogP) is 2.81. The zero-order valence-corrected chi connectivity index (χ0v) is 10.0. The van der Waals surface area contributed by atoms with Crippen LogP contribution < -0.4 is 4.74 Å². The largest absolute Gasteiger partial charge is 0.496 e. The van der Waals surface area contributed by atoms with Crippen LogP contribution in [0, 0.1) is 10.5 Å². The van der Waals surface area contributed by atoms with Gasteiger partial charge < -0.3 is 4.74 Å². The van der Waals surface area contributed by atoms with E-state index < -0.39 is 0 Å². The van der Waals surface area contributed by atoms with E-state index in [9.17, 15) is 4.79 Å². The Morgan fingerprint density at radius 3 is 2.54 bits per heavy atom. The van der Waals surface area contributed by atoms with Crippen LogP contribution in [0.4, 0.5) is 0 Å². The third-order valence-electron chi connectivity index (χ3n) is 1.85. The lowest BCUT2D eigenvalue weighted by Crippen LogP contribution is -1.97. The molecule has 0 saturated carbocycles. The molecule has 70 valence electrons. The Labute approximate surface area is 91.4 Å². The fourth-order valence-corrected chi connectivity index (χ4v) is 1.62. The van der Waals surface area contributed by atoms with Crippen molar-refractivity contribution in [2.24, 2.45) is 0 Å². The van der Waals surface area contributed by atoms with Gasteiger partial charge >= 0.3 is 0 Å². The number of carbonyl (C=O) groups is 1. The number of methoxy groups -OCH3 is 1. The molecule has 0 aliphatic heterocycles. The zero-order chi connectivity index (χ0) is 10.0. The van der Waals surface area contributed by atoms with Crippen LogP contribution in [0.5, 0.6) is 5.75 Å². The summed E-state index contributed by atoms with van der Waals surface area (Å²) in [6, 6.07) is 3.66. The van der Waals surface area contributed by atoms with E-state index in [-0.39, 0.29) is 5.78 Å². The molecule has 0 spiro atoms. The number of Topliss-reactive ketones (excluding diaryl/α,β-unsaturated/α-hetero) is 1. The van der Waals surface area contributed by atoms with Crippen molar-refractivity contribution in [1.82, 2.24) is 0 Å². The fraction of sp³-hybridized carbons (Fsp3) is 0.300. The minimum Gasteiger partial charge on any atom is -0.496 e. The molecule has 0 unspecified atom stereocenters. The maximum Gasteiger partial charge on any atom is 0.159 e. The fourth-order valence-electron chi connectivity index (χ4n) is 1.09. The lowest BCUT2D eigenvalue weighted by molar-refractivity contribution is 0.101. The van der Waals surface area contributed by atoms with Crippen molar-refractivity contribution >= 4 is 28.4 Å². The van der Waals surface area contributed by atoms with Crippen molar-refractivity contribution in [1.29, 1.82) is 0 Å². The molecular formula is C10H11IO2. The van der Waals surface area contributed by atoms with Gasteiger partial charge in [-0.3, -0.25) is 4.79 Å². The molecule has 0 fully saturated rings. The average molecular weight is 290 g/mol. The molecule has 2 nitrogen and oxygen atoms in total. The van der Waals surface area contributed by atoms with Gasteiger partial charge in [0, 0.05) is 5.56 Å². The summed E-state index contributed by atoms with van der Waals surface area (Å²) < 4.78 is 6.22. The number of ether oxygens (including phenoxy) is 1. The van der Waals surface area contributed by atoms with Gasteiger partial charge in [0.25, 0.3) is 0 Å². The average Bonchev–Trinajstić information content (AvgIpc) is 2.09. The summed E-state index contributed by atoms with van der Waals surface area (Å²) in [6.07, 6.45) is 0. The highest BCUT2D eigenvalue weighted by Gasteiger charge is 2.08. The molecule has 0 saturated heterocycles.